The molecule has 0 unspecified atom stereocenters. The lowest BCUT2D eigenvalue weighted by Gasteiger charge is -2.08. The zero-order valence-electron chi connectivity index (χ0n) is 11.9. The number of imidazole rings is 1. The fraction of sp³-hybridized carbons (Fsp3) is 0.125. The molecule has 5 nitrogen and oxygen atoms in total. The largest absolute Gasteiger partial charge is 0.346 e. The molecule has 0 saturated heterocycles. The van der Waals surface area contributed by atoms with E-state index in [1.165, 1.54) is 12.1 Å². The van der Waals surface area contributed by atoms with Crippen LogP contribution < -0.4 is 5.69 Å². The first-order chi connectivity index (χ1) is 10.6. The summed E-state index contributed by atoms with van der Waals surface area (Å²) in [7, 11) is 0. The van der Waals surface area contributed by atoms with E-state index in [0.717, 1.165) is 27.7 Å². The number of aromatic nitrogens is 4. The van der Waals surface area contributed by atoms with Crippen molar-refractivity contribution in [2.24, 2.45) is 0 Å². The summed E-state index contributed by atoms with van der Waals surface area (Å²) in [4.78, 5) is 22.4. The van der Waals surface area contributed by atoms with E-state index < -0.39 is 0 Å². The molecule has 0 amide bonds. The van der Waals surface area contributed by atoms with Crippen molar-refractivity contribution in [3.8, 4) is 0 Å². The zero-order valence-corrected chi connectivity index (χ0v) is 11.9. The fourth-order valence-electron chi connectivity index (χ4n) is 2.79. The number of aryl methyl sites for hydroxylation is 1. The van der Waals surface area contributed by atoms with E-state index >= 15 is 0 Å². The Morgan fingerprint density at radius 2 is 2.18 bits per heavy atom. The lowest BCUT2D eigenvalue weighted by Crippen LogP contribution is -2.18. The molecule has 0 fully saturated rings. The van der Waals surface area contributed by atoms with Crippen LogP contribution in [0.2, 0.25) is 0 Å². The highest BCUT2D eigenvalue weighted by atomic mass is 19.1. The zero-order chi connectivity index (χ0) is 15.3. The standard InChI is InChI=1S/C16H13FN4O/c1-9-2-3-11(17)6-10(9)8-21-14-12-4-5-18-15(12)19-7-13(14)20-16(21)22/h2-7H,8H2,1H3,(H,18,19)(H,20,22). The van der Waals surface area contributed by atoms with Gasteiger partial charge in [-0.25, -0.2) is 14.2 Å². The third kappa shape index (κ3) is 1.84. The summed E-state index contributed by atoms with van der Waals surface area (Å²) in [6.07, 6.45) is 3.41. The number of fused-ring (bicyclic) bond motifs is 3. The van der Waals surface area contributed by atoms with Crippen LogP contribution in [0.15, 0.2) is 41.5 Å². The smallest absolute Gasteiger partial charge is 0.326 e. The molecule has 4 rings (SSSR count). The van der Waals surface area contributed by atoms with Gasteiger partial charge in [-0.05, 0) is 36.2 Å². The predicted molar refractivity (Wildman–Crippen MR) is 82.4 cm³/mol. The number of rotatable bonds is 2. The van der Waals surface area contributed by atoms with E-state index in [1.807, 2.05) is 13.0 Å². The van der Waals surface area contributed by atoms with Gasteiger partial charge < -0.3 is 9.97 Å². The summed E-state index contributed by atoms with van der Waals surface area (Å²) in [5, 5.41) is 0.866. The summed E-state index contributed by atoms with van der Waals surface area (Å²) in [6, 6.07) is 6.49. The van der Waals surface area contributed by atoms with Gasteiger partial charge in [0.15, 0.2) is 0 Å². The lowest BCUT2D eigenvalue weighted by molar-refractivity contribution is 0.622. The van der Waals surface area contributed by atoms with Crippen molar-refractivity contribution in [2.75, 3.05) is 0 Å². The number of pyridine rings is 1. The molecule has 0 aliphatic rings. The van der Waals surface area contributed by atoms with Crippen molar-refractivity contribution >= 4 is 22.1 Å². The van der Waals surface area contributed by atoms with Crippen LogP contribution in [0, 0.1) is 12.7 Å². The van der Waals surface area contributed by atoms with E-state index in [-0.39, 0.29) is 11.5 Å². The molecule has 2 N–H and O–H groups in total. The third-order valence-electron chi connectivity index (χ3n) is 3.95. The number of benzene rings is 1. The SMILES string of the molecule is Cc1ccc(F)cc1Cn1c(=O)[nH]c2cnc3[nH]ccc3c21. The van der Waals surface area contributed by atoms with Crippen LogP contribution in [0.3, 0.4) is 0 Å². The quantitative estimate of drug-likeness (QED) is 0.597. The maximum absolute atomic E-state index is 13.5. The minimum Gasteiger partial charge on any atom is -0.346 e. The Bertz CT molecular complexity index is 1060. The maximum atomic E-state index is 13.5. The first-order valence-electron chi connectivity index (χ1n) is 6.93. The first-order valence-corrected chi connectivity index (χ1v) is 6.93. The number of hydrogen-bond acceptors (Lipinski definition) is 2. The van der Waals surface area contributed by atoms with Crippen molar-refractivity contribution in [2.45, 2.75) is 13.5 Å². The van der Waals surface area contributed by atoms with E-state index in [9.17, 15) is 9.18 Å². The maximum Gasteiger partial charge on any atom is 0.326 e. The molecule has 110 valence electrons. The van der Waals surface area contributed by atoms with Gasteiger partial charge >= 0.3 is 5.69 Å². The molecule has 0 aliphatic heterocycles. The van der Waals surface area contributed by atoms with Gasteiger partial charge in [-0.3, -0.25) is 4.57 Å². The van der Waals surface area contributed by atoms with Crippen LogP contribution in [0.25, 0.3) is 22.1 Å². The topological polar surface area (TPSA) is 66.5 Å². The predicted octanol–water partition coefficient (Wildman–Crippen LogP) is 2.70. The van der Waals surface area contributed by atoms with Crippen molar-refractivity contribution in [3.05, 3.63) is 64.1 Å². The van der Waals surface area contributed by atoms with Crippen molar-refractivity contribution < 1.29 is 4.39 Å². The average Bonchev–Trinajstić information content (AvgIpc) is 3.07. The third-order valence-corrected chi connectivity index (χ3v) is 3.95. The molecular weight excluding hydrogens is 283 g/mol. The summed E-state index contributed by atoms with van der Waals surface area (Å²) in [5.74, 6) is -0.304. The monoisotopic (exact) mass is 296 g/mol. The van der Waals surface area contributed by atoms with Gasteiger partial charge in [0.25, 0.3) is 0 Å². The van der Waals surface area contributed by atoms with Gasteiger partial charge in [-0.1, -0.05) is 6.07 Å². The molecule has 3 heterocycles. The summed E-state index contributed by atoms with van der Waals surface area (Å²) in [6.45, 7) is 2.22. The molecule has 22 heavy (non-hydrogen) atoms. The Morgan fingerprint density at radius 3 is 3.05 bits per heavy atom. The van der Waals surface area contributed by atoms with Gasteiger partial charge in [0.1, 0.15) is 11.5 Å². The second kappa shape index (κ2) is 4.56. The van der Waals surface area contributed by atoms with Gasteiger partial charge in [-0.15, -0.1) is 0 Å². The Labute approximate surface area is 124 Å². The molecule has 6 heteroatoms. The van der Waals surface area contributed by atoms with E-state index in [2.05, 4.69) is 15.0 Å². The van der Waals surface area contributed by atoms with Gasteiger partial charge in [-0.2, -0.15) is 0 Å². The lowest BCUT2D eigenvalue weighted by atomic mass is 10.1. The second-order valence-electron chi connectivity index (χ2n) is 5.35. The average molecular weight is 296 g/mol. The number of nitrogens with one attached hydrogen (secondary N) is 2. The highest BCUT2D eigenvalue weighted by molar-refractivity contribution is 6.00. The van der Waals surface area contributed by atoms with Gasteiger partial charge in [0.2, 0.25) is 0 Å². The molecule has 0 saturated carbocycles. The second-order valence-corrected chi connectivity index (χ2v) is 5.35. The van der Waals surface area contributed by atoms with Crippen LogP contribution in [0.5, 0.6) is 0 Å². The number of nitrogens with zero attached hydrogens (tertiary/aromatic N) is 2. The summed E-state index contributed by atoms with van der Waals surface area (Å²) < 4.78 is 15.1. The Morgan fingerprint density at radius 1 is 1.32 bits per heavy atom. The molecular formula is C16H13FN4O. The Hall–Kier alpha value is -2.89. The minimum absolute atomic E-state index is 0.228. The fourth-order valence-corrected chi connectivity index (χ4v) is 2.79. The van der Waals surface area contributed by atoms with Crippen LogP contribution in [-0.2, 0) is 6.54 Å². The van der Waals surface area contributed by atoms with Crippen molar-refractivity contribution in [3.63, 3.8) is 0 Å². The van der Waals surface area contributed by atoms with E-state index in [4.69, 9.17) is 0 Å². The molecule has 0 bridgehead atoms. The van der Waals surface area contributed by atoms with Crippen LogP contribution in [-0.4, -0.2) is 19.5 Å². The molecule has 3 aromatic heterocycles. The van der Waals surface area contributed by atoms with Crippen LogP contribution >= 0.6 is 0 Å². The number of hydrogen-bond donors (Lipinski definition) is 2. The van der Waals surface area contributed by atoms with Crippen molar-refractivity contribution in [1.82, 2.24) is 19.5 Å². The van der Waals surface area contributed by atoms with Crippen molar-refractivity contribution in [1.29, 1.82) is 0 Å². The van der Waals surface area contributed by atoms with E-state index in [0.29, 0.717) is 12.1 Å². The number of halogens is 1. The normalized spacial score (nSPS) is 11.5. The van der Waals surface area contributed by atoms with E-state index in [1.54, 1.807) is 23.0 Å². The molecule has 0 spiro atoms. The highest BCUT2D eigenvalue weighted by Crippen LogP contribution is 2.22. The number of aromatic amines is 2. The molecule has 0 radical (unpaired) electrons. The minimum atomic E-state index is -0.304. The molecule has 0 aliphatic carbocycles. The Kier molecular flexibility index (Phi) is 2.66. The summed E-state index contributed by atoms with van der Waals surface area (Å²) >= 11 is 0. The highest BCUT2D eigenvalue weighted by Gasteiger charge is 2.13. The molecule has 1 aromatic carbocycles. The Balaban J connectivity index is 1.98. The first kappa shape index (κ1) is 12.8. The van der Waals surface area contributed by atoms with Gasteiger partial charge in [0, 0.05) is 11.6 Å². The summed E-state index contributed by atoms with van der Waals surface area (Å²) in [5.41, 5.74) is 3.67. The molecule has 0 atom stereocenters. The van der Waals surface area contributed by atoms with Crippen LogP contribution in [0.1, 0.15) is 11.1 Å². The number of H-pyrrole nitrogens is 2. The van der Waals surface area contributed by atoms with Crippen LogP contribution in [0.4, 0.5) is 4.39 Å². The molecule has 4 aromatic rings. The van der Waals surface area contributed by atoms with Gasteiger partial charge in [0.05, 0.1) is 23.8 Å².